The molecule has 0 aliphatic carbocycles. The van der Waals surface area contributed by atoms with Gasteiger partial charge in [-0.25, -0.2) is 0 Å². The van der Waals surface area contributed by atoms with Crippen molar-refractivity contribution in [1.82, 2.24) is 4.90 Å². The third-order valence-electron chi connectivity index (χ3n) is 1.97. The Balaban J connectivity index is 0.000001000. The molecule has 2 nitrogen and oxygen atoms in total. The zero-order valence-electron chi connectivity index (χ0n) is 6.94. The van der Waals surface area contributed by atoms with Crippen LogP contribution in [0.1, 0.15) is 6.92 Å². The summed E-state index contributed by atoms with van der Waals surface area (Å²) in [5.74, 6) is 0. The molecule has 1 fully saturated rings. The molecule has 0 aromatic heterocycles. The van der Waals surface area contributed by atoms with E-state index in [0.717, 1.165) is 31.9 Å². The van der Waals surface area contributed by atoms with E-state index in [-0.39, 0.29) is 17.1 Å². The summed E-state index contributed by atoms with van der Waals surface area (Å²) in [7, 11) is 3.93. The summed E-state index contributed by atoms with van der Waals surface area (Å²) < 4.78 is 0. The predicted molar refractivity (Wildman–Crippen MR) is 41.1 cm³/mol. The molecule has 1 N–H and O–H groups in total. The van der Waals surface area contributed by atoms with Gasteiger partial charge in [-0.2, -0.15) is 7.05 Å². The van der Waals surface area contributed by atoms with Gasteiger partial charge < -0.3 is 9.80 Å². The summed E-state index contributed by atoms with van der Waals surface area (Å²) in [5.41, 5.74) is 0.938. The quantitative estimate of drug-likeness (QED) is 0.429. The molecule has 63 valence electrons. The molecule has 1 aliphatic rings. The van der Waals surface area contributed by atoms with Crippen molar-refractivity contribution in [2.45, 2.75) is 6.92 Å². The van der Waals surface area contributed by atoms with Crippen molar-refractivity contribution < 1.29 is 22.0 Å². The Kier molecular flexibility index (Phi) is 4.71. The Bertz CT molecular complexity index is 128. The van der Waals surface area contributed by atoms with Crippen LogP contribution in [-0.4, -0.2) is 31.1 Å². The monoisotopic (exact) mass is 194 g/mol. The van der Waals surface area contributed by atoms with Crippen LogP contribution in [0.5, 0.6) is 0 Å². The van der Waals surface area contributed by atoms with E-state index in [1.165, 1.54) is 4.90 Å². The molecule has 0 aromatic carbocycles. The maximum atomic E-state index is 5.63. The van der Waals surface area contributed by atoms with Crippen molar-refractivity contribution in [3.05, 3.63) is 19.3 Å². The molecule has 1 rings (SSSR count). The predicted octanol–water partition coefficient (Wildman–Crippen LogP) is -0.687. The first-order valence-corrected chi connectivity index (χ1v) is 3.71. The Morgan fingerprint density at radius 2 is 1.91 bits per heavy atom. The number of rotatable bonds is 1. The molecule has 1 heterocycles. The molecular weight excluding hydrogens is 179 g/mol. The molecule has 11 heavy (non-hydrogen) atoms. The Morgan fingerprint density at radius 1 is 1.45 bits per heavy atom. The second kappa shape index (κ2) is 4.74. The Hall–Kier alpha value is -0.0705. The molecule has 0 spiro atoms. The number of hydrogen-bond acceptors (Lipinski definition) is 1. The van der Waals surface area contributed by atoms with E-state index in [0.29, 0.717) is 0 Å². The number of quaternary nitrogens is 1. The van der Waals surface area contributed by atoms with Gasteiger partial charge in [-0.05, 0) is 0 Å². The van der Waals surface area contributed by atoms with Gasteiger partial charge in [0.15, 0.2) is 0 Å². The standard InChI is InChI=1S/C8H15N2.Mn/c1-8(2)10-6-4-9(3)5-7-10;/h1,9H,3-7H2,2H3;/q+1;. The van der Waals surface area contributed by atoms with Gasteiger partial charge in [-0.1, -0.05) is 0 Å². The zero-order valence-corrected chi connectivity index (χ0v) is 8.12. The number of hydrogen-bond donors (Lipinski definition) is 1. The van der Waals surface area contributed by atoms with Gasteiger partial charge in [0.25, 0.3) is 5.70 Å². The molecular formula is C8H15MnN2+. The average Bonchev–Trinajstić information content (AvgIpc) is 1.88. The molecule has 0 bridgehead atoms. The molecule has 0 aromatic rings. The van der Waals surface area contributed by atoms with E-state index in [4.69, 9.17) is 6.58 Å². The first-order valence-electron chi connectivity index (χ1n) is 3.71. The van der Waals surface area contributed by atoms with E-state index in [1.54, 1.807) is 0 Å². The van der Waals surface area contributed by atoms with Crippen LogP contribution in [0.2, 0.25) is 0 Å². The SMILES string of the molecule is [CH+]=C(C)N1CC[NH+]([CH2-])CC1.[Mn]. The summed E-state index contributed by atoms with van der Waals surface area (Å²) in [6.07, 6.45) is 0. The van der Waals surface area contributed by atoms with E-state index >= 15 is 0 Å². The molecule has 1 aliphatic heterocycles. The van der Waals surface area contributed by atoms with Crippen LogP contribution in [0.25, 0.3) is 0 Å². The molecule has 0 unspecified atom stereocenters. The molecule has 3 heteroatoms. The fraction of sp³-hybridized carbons (Fsp3) is 0.625. The summed E-state index contributed by atoms with van der Waals surface area (Å²) in [6.45, 7) is 11.9. The van der Waals surface area contributed by atoms with Gasteiger partial charge in [0.05, 0.1) is 26.2 Å². The van der Waals surface area contributed by atoms with Crippen LogP contribution in [0.3, 0.4) is 0 Å². The number of nitrogens with one attached hydrogen (secondary N) is 1. The minimum absolute atomic E-state index is 0. The first kappa shape index (κ1) is 10.9. The van der Waals surface area contributed by atoms with Gasteiger partial charge in [0.2, 0.25) is 6.58 Å². The van der Waals surface area contributed by atoms with Crippen LogP contribution < -0.4 is 4.90 Å². The Labute approximate surface area is 79.7 Å². The summed E-state index contributed by atoms with van der Waals surface area (Å²) in [4.78, 5) is 3.56. The van der Waals surface area contributed by atoms with Crippen molar-refractivity contribution in [3.8, 4) is 0 Å². The molecule has 0 saturated carbocycles. The number of allylic oxidation sites excluding steroid dienone is 1. The average molecular weight is 194 g/mol. The topological polar surface area (TPSA) is 7.68 Å². The van der Waals surface area contributed by atoms with Crippen LogP contribution in [0, 0.1) is 13.6 Å². The van der Waals surface area contributed by atoms with Crippen LogP contribution in [0.4, 0.5) is 0 Å². The number of piperazine rings is 1. The zero-order chi connectivity index (χ0) is 7.56. The van der Waals surface area contributed by atoms with E-state index in [9.17, 15) is 0 Å². The Morgan fingerprint density at radius 3 is 2.27 bits per heavy atom. The van der Waals surface area contributed by atoms with Gasteiger partial charge in [0, 0.05) is 24.0 Å². The molecule has 1 saturated heterocycles. The van der Waals surface area contributed by atoms with Crippen molar-refractivity contribution in [2.75, 3.05) is 26.2 Å². The van der Waals surface area contributed by atoms with Crippen molar-refractivity contribution >= 4 is 0 Å². The van der Waals surface area contributed by atoms with Gasteiger partial charge in [-0.3, -0.25) is 0 Å². The first-order chi connectivity index (χ1) is 4.70. The largest absolute Gasteiger partial charge is 0.465 e. The van der Waals surface area contributed by atoms with Crippen LogP contribution in [-0.2, 0) is 17.1 Å². The normalized spacial score (nSPS) is 19.2. The fourth-order valence-electron chi connectivity index (χ4n) is 1.18. The minimum atomic E-state index is 0. The number of nitrogens with zero attached hydrogens (tertiary/aromatic N) is 1. The summed E-state index contributed by atoms with van der Waals surface area (Å²) >= 11 is 0. The van der Waals surface area contributed by atoms with Gasteiger partial charge in [-0.15, -0.1) is 0 Å². The van der Waals surface area contributed by atoms with Crippen molar-refractivity contribution in [3.63, 3.8) is 0 Å². The minimum Gasteiger partial charge on any atom is -0.465 e. The smallest absolute Gasteiger partial charge is 0.250 e. The van der Waals surface area contributed by atoms with Crippen molar-refractivity contribution in [2.24, 2.45) is 0 Å². The second-order valence-corrected chi connectivity index (χ2v) is 2.88. The van der Waals surface area contributed by atoms with Crippen LogP contribution >= 0.6 is 0 Å². The maximum absolute atomic E-state index is 5.63. The van der Waals surface area contributed by atoms with Gasteiger partial charge >= 0.3 is 0 Å². The van der Waals surface area contributed by atoms with Crippen molar-refractivity contribution in [1.29, 1.82) is 0 Å². The summed E-state index contributed by atoms with van der Waals surface area (Å²) in [6, 6.07) is 0. The summed E-state index contributed by atoms with van der Waals surface area (Å²) in [5, 5.41) is 0. The maximum Gasteiger partial charge on any atom is 0.250 e. The molecule has 1 radical (unpaired) electrons. The van der Waals surface area contributed by atoms with E-state index in [1.807, 2.05) is 6.92 Å². The second-order valence-electron chi connectivity index (χ2n) is 2.88. The molecule has 0 atom stereocenters. The fourth-order valence-corrected chi connectivity index (χ4v) is 1.18. The third-order valence-corrected chi connectivity index (χ3v) is 1.97. The third kappa shape index (κ3) is 3.22. The van der Waals surface area contributed by atoms with E-state index < -0.39 is 0 Å². The molecule has 0 amide bonds. The van der Waals surface area contributed by atoms with Gasteiger partial charge in [0.1, 0.15) is 0 Å². The van der Waals surface area contributed by atoms with Crippen LogP contribution in [0.15, 0.2) is 5.70 Å². The van der Waals surface area contributed by atoms with E-state index in [2.05, 4.69) is 11.9 Å².